The molecule has 206 valence electrons. The van der Waals surface area contributed by atoms with Crippen molar-refractivity contribution in [1.82, 2.24) is 4.90 Å². The maximum atomic E-state index is 10.3. The van der Waals surface area contributed by atoms with Crippen LogP contribution in [0, 0.1) is 54.8 Å². The third-order valence-corrected chi connectivity index (χ3v) is 3.77. The van der Waals surface area contributed by atoms with E-state index in [4.69, 9.17) is 27.6 Å². The van der Waals surface area contributed by atoms with Gasteiger partial charge < -0.3 is 45.0 Å². The van der Waals surface area contributed by atoms with Gasteiger partial charge in [-0.1, -0.05) is 56.4 Å². The summed E-state index contributed by atoms with van der Waals surface area (Å²) in [7, 11) is 6.00. The fraction of sp³-hybridized carbons (Fsp3) is 0.625. The first-order chi connectivity index (χ1) is 16.0. The summed E-state index contributed by atoms with van der Waals surface area (Å²) >= 11 is 3.58. The number of unbranched alkanes of at least 4 members (excludes halogenated alkanes) is 1. The predicted molar refractivity (Wildman–Crippen MR) is 138 cm³/mol. The van der Waals surface area contributed by atoms with Crippen LogP contribution in [-0.4, -0.2) is 59.5 Å². The van der Waals surface area contributed by atoms with Crippen molar-refractivity contribution in [3.8, 4) is 36.0 Å². The molecule has 0 spiro atoms. The summed E-state index contributed by atoms with van der Waals surface area (Å²) in [5, 5.41) is 26.7. The standard InChI is InChI=1S/C7H13N.C7H12O4.C7H4.C3H9N.H2O3S.Pt.H2/c1-6-4-2-3-5-7(6)8;1-2-3-4-5(6(8)9)7(10)11;1-3-5-7-6-4-2;1-4(2)3;1-2-3-4;;/h6-8H,1-5H2;5H,2-4H2,1H3,(H,8,9)(H,10,11);1H,2H3;1-3H3;1,4H;;1H/q-2;;;;;+2;/p-1. The monoisotopic (exact) mass is 696 g/mol. The molecule has 0 radical (unpaired) electrons. The first kappa shape index (κ1) is 43.5. The molecule has 1 aliphatic carbocycles. The predicted octanol–water partition coefficient (Wildman–Crippen LogP) is 4.33. The zero-order chi connectivity index (χ0) is 27.4. The van der Waals surface area contributed by atoms with Crippen LogP contribution in [0.2, 0.25) is 0 Å². The van der Waals surface area contributed by atoms with Crippen LogP contribution in [0.1, 0.15) is 60.2 Å². The molecule has 0 saturated heterocycles. The van der Waals surface area contributed by atoms with E-state index in [9.17, 15) is 9.59 Å². The van der Waals surface area contributed by atoms with E-state index in [2.05, 4.69) is 58.8 Å². The molecule has 0 aromatic heterocycles. The van der Waals surface area contributed by atoms with E-state index >= 15 is 0 Å². The number of carbonyl (C=O) groups is 2. The van der Waals surface area contributed by atoms with Crippen molar-refractivity contribution in [2.45, 2.75) is 64.8 Å². The normalized spacial score (nSPS) is 14.8. The zero-order valence-electron chi connectivity index (χ0n) is 21.1. The van der Waals surface area contributed by atoms with Crippen molar-refractivity contribution >= 4 is 24.8 Å². The van der Waals surface area contributed by atoms with Gasteiger partial charge in [-0.25, -0.2) is 5.26 Å². The van der Waals surface area contributed by atoms with E-state index in [0.717, 1.165) is 12.8 Å². The SMILES string of the molecule is C#CC#CC#CC.CCCCC(C(=O)O)C(=O)O.CN(C)C.OOO[S-].[CH2-]C1CCCCC1[NH-].[HH].[Pt+2]. The van der Waals surface area contributed by atoms with Crippen LogP contribution in [0.3, 0.4) is 0 Å². The Morgan fingerprint density at radius 2 is 1.66 bits per heavy atom. The molecule has 0 aliphatic heterocycles. The van der Waals surface area contributed by atoms with Crippen LogP contribution in [0.4, 0.5) is 0 Å². The van der Waals surface area contributed by atoms with Gasteiger partial charge in [-0.3, -0.25) is 9.59 Å². The molecule has 0 heterocycles. The Labute approximate surface area is 232 Å². The number of nitrogens with zero attached hydrogens (tertiary/aromatic N) is 1. The number of nitrogens with one attached hydrogen (secondary N) is 1. The molecule has 9 nitrogen and oxygen atoms in total. The molecule has 2 atom stereocenters. The first-order valence-corrected chi connectivity index (χ1v) is 10.9. The summed E-state index contributed by atoms with van der Waals surface area (Å²) in [5.74, 6) is 8.71. The van der Waals surface area contributed by atoms with Crippen LogP contribution in [-0.2, 0) is 52.9 Å². The number of rotatable bonds is 6. The maximum absolute atomic E-state index is 10.3. The van der Waals surface area contributed by atoms with Gasteiger partial charge in [0.15, 0.2) is 5.92 Å². The van der Waals surface area contributed by atoms with Gasteiger partial charge in [0.25, 0.3) is 0 Å². The minimum atomic E-state index is -1.24. The van der Waals surface area contributed by atoms with Gasteiger partial charge >= 0.3 is 33.0 Å². The fourth-order valence-electron chi connectivity index (χ4n) is 2.10. The Kier molecular flexibility index (Phi) is 43.1. The van der Waals surface area contributed by atoms with E-state index in [1.165, 1.54) is 19.3 Å². The molecule has 0 amide bonds. The molecular formula is C24H41N2O7PtS-. The van der Waals surface area contributed by atoms with Crippen LogP contribution in [0.5, 0.6) is 0 Å². The van der Waals surface area contributed by atoms with E-state index in [0.29, 0.717) is 12.3 Å². The summed E-state index contributed by atoms with van der Waals surface area (Å²) in [6.07, 6.45) is 11.3. The molecule has 0 bridgehead atoms. The molecule has 0 aromatic rings. The second-order valence-electron chi connectivity index (χ2n) is 7.28. The molecule has 0 aromatic carbocycles. The summed E-state index contributed by atoms with van der Waals surface area (Å²) in [6, 6.07) is 0.142. The molecule has 1 saturated carbocycles. The smallest absolute Gasteiger partial charge is 0.677 e. The van der Waals surface area contributed by atoms with Gasteiger partial charge in [-0.15, -0.1) is 6.42 Å². The van der Waals surface area contributed by atoms with Crippen molar-refractivity contribution in [1.29, 1.82) is 0 Å². The summed E-state index contributed by atoms with van der Waals surface area (Å²) in [6.45, 7) is 7.49. The number of terminal acetylenes is 1. The number of aliphatic carboxylic acids is 2. The Balaban J connectivity index is -0.0000000810. The summed E-state index contributed by atoms with van der Waals surface area (Å²) in [5.41, 5.74) is 7.42. The van der Waals surface area contributed by atoms with Crippen LogP contribution < -0.4 is 0 Å². The quantitative estimate of drug-likeness (QED) is 0.0925. The summed E-state index contributed by atoms with van der Waals surface area (Å²) in [4.78, 5) is 22.5. The van der Waals surface area contributed by atoms with Gasteiger partial charge in [-0.2, -0.15) is 12.0 Å². The number of hydrogen-bond donors (Lipinski definition) is 3. The average molecular weight is 697 g/mol. The molecule has 1 rings (SSSR count). The topological polar surface area (TPSA) is 140 Å². The second kappa shape index (κ2) is 34.6. The third-order valence-electron chi connectivity index (χ3n) is 3.70. The molecule has 11 heteroatoms. The van der Waals surface area contributed by atoms with E-state index < -0.39 is 17.9 Å². The molecule has 1 fully saturated rings. The van der Waals surface area contributed by atoms with Crippen molar-refractivity contribution in [3.05, 3.63) is 12.7 Å². The number of hydrogen-bond acceptors (Lipinski definition) is 7. The third kappa shape index (κ3) is 43.0. The molecular weight excluding hydrogens is 655 g/mol. The van der Waals surface area contributed by atoms with Gasteiger partial charge in [-0.05, 0) is 58.2 Å². The van der Waals surface area contributed by atoms with E-state index in [1.54, 1.807) is 6.92 Å². The van der Waals surface area contributed by atoms with Crippen molar-refractivity contribution < 1.29 is 56.9 Å². The first-order valence-electron chi connectivity index (χ1n) is 10.5. The Bertz CT molecular complexity index is 643. The Hall–Kier alpha value is -1.54. The van der Waals surface area contributed by atoms with Crippen molar-refractivity contribution in [2.75, 3.05) is 21.1 Å². The van der Waals surface area contributed by atoms with Crippen LogP contribution in [0.25, 0.3) is 5.73 Å². The molecule has 35 heavy (non-hydrogen) atoms. The number of carboxylic acids is 2. The molecule has 1 aliphatic rings. The van der Waals surface area contributed by atoms with Gasteiger partial charge in [0.05, 0.1) is 0 Å². The van der Waals surface area contributed by atoms with E-state index in [-0.39, 0.29) is 35.0 Å². The van der Waals surface area contributed by atoms with Gasteiger partial charge in [0.1, 0.15) is 0 Å². The van der Waals surface area contributed by atoms with Crippen molar-refractivity contribution in [2.24, 2.45) is 11.8 Å². The van der Waals surface area contributed by atoms with Gasteiger partial charge in [0.2, 0.25) is 0 Å². The fourth-order valence-corrected chi connectivity index (χ4v) is 2.10. The Morgan fingerprint density at radius 3 is 1.91 bits per heavy atom. The minimum absolute atomic E-state index is 0. The Morgan fingerprint density at radius 1 is 1.20 bits per heavy atom. The van der Waals surface area contributed by atoms with Crippen LogP contribution in [0.15, 0.2) is 0 Å². The second-order valence-corrected chi connectivity index (χ2v) is 7.41. The van der Waals surface area contributed by atoms with E-state index in [1.807, 2.05) is 33.0 Å². The molecule has 4 N–H and O–H groups in total. The van der Waals surface area contributed by atoms with Crippen LogP contribution >= 0.6 is 0 Å². The van der Waals surface area contributed by atoms with Gasteiger partial charge in [0, 0.05) is 1.43 Å². The van der Waals surface area contributed by atoms with Crippen molar-refractivity contribution in [3.63, 3.8) is 0 Å². The largest absolute Gasteiger partial charge is 2.00 e. The minimum Gasteiger partial charge on any atom is -0.677 e. The summed E-state index contributed by atoms with van der Waals surface area (Å²) < 4.78 is 3.18. The zero-order valence-corrected chi connectivity index (χ0v) is 24.2. The molecule has 2 unspecified atom stereocenters. The maximum Gasteiger partial charge on any atom is 2.00 e. The number of carboxylic acid groups (broad SMARTS) is 2. The average Bonchev–Trinajstić information content (AvgIpc) is 2.77.